The maximum atomic E-state index is 12.7. The Kier molecular flexibility index (Phi) is 4.55. The molecule has 2 aromatic rings. The first kappa shape index (κ1) is 17.9. The van der Waals surface area contributed by atoms with Crippen molar-refractivity contribution in [3.8, 4) is 5.75 Å². The Hall–Kier alpha value is -2.54. The van der Waals surface area contributed by atoms with E-state index in [4.69, 9.17) is 16.3 Å². The summed E-state index contributed by atoms with van der Waals surface area (Å²) in [6.07, 6.45) is 3.79. The van der Waals surface area contributed by atoms with Crippen LogP contribution in [0.25, 0.3) is 0 Å². The number of likely N-dealkylation sites (tertiary alicyclic amines) is 1. The van der Waals surface area contributed by atoms with Crippen LogP contribution in [0.2, 0.25) is 5.02 Å². The van der Waals surface area contributed by atoms with Crippen LogP contribution in [0.15, 0.2) is 30.5 Å². The normalized spacial score (nSPS) is 24.9. The predicted molar refractivity (Wildman–Crippen MR) is 99.7 cm³/mol. The van der Waals surface area contributed by atoms with Crippen LogP contribution < -0.4 is 10.1 Å². The lowest BCUT2D eigenvalue weighted by atomic mass is 9.82. The van der Waals surface area contributed by atoms with Gasteiger partial charge >= 0.3 is 0 Å². The minimum atomic E-state index is -0.482. The van der Waals surface area contributed by atoms with Crippen molar-refractivity contribution in [1.29, 1.82) is 0 Å². The van der Waals surface area contributed by atoms with Gasteiger partial charge in [0.15, 0.2) is 0 Å². The van der Waals surface area contributed by atoms with E-state index >= 15 is 0 Å². The largest absolute Gasteiger partial charge is 0.487 e. The molecule has 7 nitrogen and oxygen atoms in total. The molecule has 27 heavy (non-hydrogen) atoms. The first-order valence-electron chi connectivity index (χ1n) is 8.99. The third-order valence-corrected chi connectivity index (χ3v) is 5.73. The summed E-state index contributed by atoms with van der Waals surface area (Å²) in [5.74, 6) is 0.567. The van der Waals surface area contributed by atoms with Crippen LogP contribution in [0.3, 0.4) is 0 Å². The standard InChI is InChI=1S/C19H21ClN4O3/c1-24-9-8-19(7-6-16(24)25)10-14(12-4-2-3-5-15(12)27-19)22-18(26)17-13(20)11-21-23-17/h2-5,11,14H,6-10H2,1H3,(H,21,23)(H,22,26)/t14-,19-/m0/s1. The summed E-state index contributed by atoms with van der Waals surface area (Å²) in [4.78, 5) is 26.5. The molecule has 3 heterocycles. The van der Waals surface area contributed by atoms with Crippen molar-refractivity contribution in [3.05, 3.63) is 46.7 Å². The molecular weight excluding hydrogens is 368 g/mol. The maximum absolute atomic E-state index is 12.7. The van der Waals surface area contributed by atoms with Gasteiger partial charge in [0.25, 0.3) is 5.91 Å². The quantitative estimate of drug-likeness (QED) is 0.828. The molecule has 1 saturated heterocycles. The van der Waals surface area contributed by atoms with Gasteiger partial charge in [-0.1, -0.05) is 29.8 Å². The predicted octanol–water partition coefficient (Wildman–Crippen LogP) is 2.70. The number of carbonyl (C=O) groups is 2. The molecule has 1 fully saturated rings. The van der Waals surface area contributed by atoms with E-state index in [1.807, 2.05) is 31.3 Å². The summed E-state index contributed by atoms with van der Waals surface area (Å²) in [5, 5.41) is 9.78. The molecule has 0 unspecified atom stereocenters. The number of para-hydroxylation sites is 1. The number of amides is 2. The van der Waals surface area contributed by atoms with E-state index in [-0.39, 0.29) is 28.6 Å². The van der Waals surface area contributed by atoms with Gasteiger partial charge < -0.3 is 15.0 Å². The highest BCUT2D eigenvalue weighted by atomic mass is 35.5. The molecule has 0 saturated carbocycles. The molecule has 2 aliphatic rings. The van der Waals surface area contributed by atoms with Crippen molar-refractivity contribution in [2.45, 2.75) is 37.3 Å². The highest BCUT2D eigenvalue weighted by Gasteiger charge is 2.43. The number of hydrogen-bond acceptors (Lipinski definition) is 4. The fourth-order valence-corrected chi connectivity index (χ4v) is 4.04. The second-order valence-electron chi connectivity index (χ2n) is 7.21. The number of carbonyl (C=O) groups excluding carboxylic acids is 2. The van der Waals surface area contributed by atoms with Crippen LogP contribution in [0.4, 0.5) is 0 Å². The second kappa shape index (κ2) is 6.88. The van der Waals surface area contributed by atoms with Crippen LogP contribution in [-0.2, 0) is 4.79 Å². The van der Waals surface area contributed by atoms with Gasteiger partial charge in [-0.15, -0.1) is 0 Å². The van der Waals surface area contributed by atoms with E-state index in [0.29, 0.717) is 25.8 Å². The number of aromatic nitrogens is 2. The minimum absolute atomic E-state index is 0.124. The summed E-state index contributed by atoms with van der Waals surface area (Å²) in [6.45, 7) is 0.633. The molecule has 0 bridgehead atoms. The third-order valence-electron chi connectivity index (χ3n) is 5.45. The fraction of sp³-hybridized carbons (Fsp3) is 0.421. The Morgan fingerprint density at radius 3 is 3.00 bits per heavy atom. The third kappa shape index (κ3) is 3.39. The molecule has 2 aliphatic heterocycles. The van der Waals surface area contributed by atoms with E-state index < -0.39 is 5.60 Å². The zero-order valence-corrected chi connectivity index (χ0v) is 15.8. The molecule has 4 rings (SSSR count). The summed E-state index contributed by atoms with van der Waals surface area (Å²) in [7, 11) is 1.82. The number of aromatic amines is 1. The SMILES string of the molecule is CN1CC[C@@]2(CCC1=O)C[C@H](NC(=O)c1[nH]ncc1Cl)c1ccccc1O2. The molecule has 1 spiro atoms. The van der Waals surface area contributed by atoms with Crippen LogP contribution in [0, 0.1) is 0 Å². The molecule has 2 atom stereocenters. The lowest BCUT2D eigenvalue weighted by molar-refractivity contribution is -0.129. The van der Waals surface area contributed by atoms with Crippen LogP contribution >= 0.6 is 11.6 Å². The number of hydrogen-bond donors (Lipinski definition) is 2. The lowest BCUT2D eigenvalue weighted by Crippen LogP contribution is -2.46. The van der Waals surface area contributed by atoms with E-state index in [0.717, 1.165) is 17.7 Å². The number of H-pyrrole nitrogens is 1. The van der Waals surface area contributed by atoms with Gasteiger partial charge in [-0.05, 0) is 12.5 Å². The van der Waals surface area contributed by atoms with Crippen molar-refractivity contribution in [2.75, 3.05) is 13.6 Å². The van der Waals surface area contributed by atoms with E-state index in [1.165, 1.54) is 6.20 Å². The van der Waals surface area contributed by atoms with E-state index in [1.54, 1.807) is 4.90 Å². The van der Waals surface area contributed by atoms with Crippen LogP contribution in [0.5, 0.6) is 5.75 Å². The lowest BCUT2D eigenvalue weighted by Gasteiger charge is -2.42. The van der Waals surface area contributed by atoms with Gasteiger partial charge in [0, 0.05) is 38.4 Å². The maximum Gasteiger partial charge on any atom is 0.271 e. The molecule has 1 aromatic heterocycles. The number of nitrogens with zero attached hydrogens (tertiary/aromatic N) is 2. The molecule has 2 amide bonds. The Morgan fingerprint density at radius 1 is 1.41 bits per heavy atom. The summed E-state index contributed by atoms with van der Waals surface area (Å²) < 4.78 is 6.39. The van der Waals surface area contributed by atoms with Crippen molar-refractivity contribution < 1.29 is 14.3 Å². The highest BCUT2D eigenvalue weighted by Crippen LogP contribution is 2.44. The number of halogens is 1. The second-order valence-corrected chi connectivity index (χ2v) is 7.62. The fourth-order valence-electron chi connectivity index (χ4n) is 3.86. The zero-order chi connectivity index (χ0) is 19.0. The smallest absolute Gasteiger partial charge is 0.271 e. The summed E-state index contributed by atoms with van der Waals surface area (Å²) in [5.41, 5.74) is 0.686. The van der Waals surface area contributed by atoms with Gasteiger partial charge in [-0.25, -0.2) is 0 Å². The topological polar surface area (TPSA) is 87.3 Å². The Labute approximate surface area is 162 Å². The van der Waals surface area contributed by atoms with Crippen LogP contribution in [-0.4, -0.2) is 46.1 Å². The molecule has 0 aliphatic carbocycles. The monoisotopic (exact) mass is 388 g/mol. The van der Waals surface area contributed by atoms with Gasteiger partial charge in [-0.3, -0.25) is 14.7 Å². The average molecular weight is 389 g/mol. The van der Waals surface area contributed by atoms with Gasteiger partial charge in [0.2, 0.25) is 5.91 Å². The van der Waals surface area contributed by atoms with Crippen molar-refractivity contribution in [1.82, 2.24) is 20.4 Å². The first-order chi connectivity index (χ1) is 13.0. The molecular formula is C19H21ClN4O3. The van der Waals surface area contributed by atoms with E-state index in [2.05, 4.69) is 15.5 Å². The summed E-state index contributed by atoms with van der Waals surface area (Å²) in [6, 6.07) is 7.47. The van der Waals surface area contributed by atoms with Gasteiger partial charge in [0.05, 0.1) is 17.3 Å². The first-order valence-corrected chi connectivity index (χ1v) is 9.37. The van der Waals surface area contributed by atoms with Gasteiger partial charge in [0.1, 0.15) is 17.0 Å². The number of fused-ring (bicyclic) bond motifs is 1. The Balaban J connectivity index is 1.63. The average Bonchev–Trinajstić information content (AvgIpc) is 3.05. The minimum Gasteiger partial charge on any atom is -0.487 e. The molecule has 0 radical (unpaired) electrons. The Bertz CT molecular complexity index is 883. The number of benzene rings is 1. The highest BCUT2D eigenvalue weighted by molar-refractivity contribution is 6.33. The van der Waals surface area contributed by atoms with Crippen molar-refractivity contribution >= 4 is 23.4 Å². The number of nitrogens with one attached hydrogen (secondary N) is 2. The Morgan fingerprint density at radius 2 is 2.22 bits per heavy atom. The molecule has 1 aromatic carbocycles. The van der Waals surface area contributed by atoms with Crippen molar-refractivity contribution in [2.24, 2.45) is 0 Å². The van der Waals surface area contributed by atoms with E-state index in [9.17, 15) is 9.59 Å². The van der Waals surface area contributed by atoms with Crippen molar-refractivity contribution in [3.63, 3.8) is 0 Å². The van der Waals surface area contributed by atoms with Gasteiger partial charge in [-0.2, -0.15) is 5.10 Å². The number of rotatable bonds is 2. The zero-order valence-electron chi connectivity index (χ0n) is 15.0. The molecule has 2 N–H and O–H groups in total. The molecule has 8 heteroatoms. The molecule has 142 valence electrons. The summed E-state index contributed by atoms with van der Waals surface area (Å²) >= 11 is 6.03. The number of ether oxygens (including phenoxy) is 1. The van der Waals surface area contributed by atoms with Crippen LogP contribution in [0.1, 0.15) is 47.8 Å².